The van der Waals surface area contributed by atoms with Crippen molar-refractivity contribution in [3.8, 4) is 0 Å². The number of nitrogens with one attached hydrogen (secondary N) is 2. The van der Waals surface area contributed by atoms with E-state index in [2.05, 4.69) is 25.2 Å². The fourth-order valence-electron chi connectivity index (χ4n) is 3.31. The number of aryl methyl sites for hydroxylation is 1. The van der Waals surface area contributed by atoms with Crippen molar-refractivity contribution in [1.29, 1.82) is 0 Å². The molecule has 1 aromatic rings. The molecule has 1 aromatic carbocycles. The van der Waals surface area contributed by atoms with Crippen molar-refractivity contribution in [2.24, 2.45) is 11.7 Å². The van der Waals surface area contributed by atoms with Gasteiger partial charge in [-0.2, -0.15) is 0 Å². The summed E-state index contributed by atoms with van der Waals surface area (Å²) < 4.78 is 0. The lowest BCUT2D eigenvalue weighted by molar-refractivity contribution is -0.899. The van der Waals surface area contributed by atoms with Gasteiger partial charge in [0.15, 0.2) is 6.54 Å². The number of rotatable bonds is 5. The first-order valence-corrected chi connectivity index (χ1v) is 8.40. The molecule has 0 bridgehead atoms. The molecule has 0 radical (unpaired) electrons. The van der Waals surface area contributed by atoms with E-state index in [1.807, 2.05) is 19.1 Å². The SMILES string of the molecule is Cc1cccc(C(C)C)c1NC(=O)C[NH+]1CCC[C@@H](C(N)=O)C1. The number of quaternary nitrogens is 1. The zero-order chi connectivity index (χ0) is 17.0. The number of nitrogens with two attached hydrogens (primary N) is 1. The summed E-state index contributed by atoms with van der Waals surface area (Å²) in [6, 6.07) is 6.09. The smallest absolute Gasteiger partial charge is 0.279 e. The molecule has 23 heavy (non-hydrogen) atoms. The molecule has 0 saturated carbocycles. The van der Waals surface area contributed by atoms with E-state index < -0.39 is 0 Å². The van der Waals surface area contributed by atoms with Crippen LogP contribution in [-0.4, -0.2) is 31.4 Å². The molecular formula is C18H28N3O2+. The molecule has 1 saturated heterocycles. The Morgan fingerprint density at radius 2 is 2.13 bits per heavy atom. The third kappa shape index (κ3) is 4.55. The second-order valence-corrected chi connectivity index (χ2v) is 6.86. The quantitative estimate of drug-likeness (QED) is 0.752. The van der Waals surface area contributed by atoms with Crippen LogP contribution in [0.2, 0.25) is 0 Å². The highest BCUT2D eigenvalue weighted by molar-refractivity contribution is 5.93. The number of benzene rings is 1. The van der Waals surface area contributed by atoms with Gasteiger partial charge in [0.05, 0.1) is 19.0 Å². The minimum atomic E-state index is -0.247. The highest BCUT2D eigenvalue weighted by Crippen LogP contribution is 2.27. The van der Waals surface area contributed by atoms with Gasteiger partial charge in [0.1, 0.15) is 0 Å². The summed E-state index contributed by atoms with van der Waals surface area (Å²) in [7, 11) is 0. The molecule has 2 amide bonds. The van der Waals surface area contributed by atoms with Gasteiger partial charge < -0.3 is 16.0 Å². The van der Waals surface area contributed by atoms with Gasteiger partial charge in [-0.1, -0.05) is 32.0 Å². The zero-order valence-corrected chi connectivity index (χ0v) is 14.3. The summed E-state index contributed by atoms with van der Waals surface area (Å²) in [5.74, 6) is 0.00735. The predicted molar refractivity (Wildman–Crippen MR) is 91.4 cm³/mol. The van der Waals surface area contributed by atoms with Crippen LogP contribution < -0.4 is 16.0 Å². The molecule has 1 fully saturated rings. The first kappa shape index (κ1) is 17.5. The number of carbonyl (C=O) groups is 2. The number of anilines is 1. The summed E-state index contributed by atoms with van der Waals surface area (Å²) in [5.41, 5.74) is 8.56. The van der Waals surface area contributed by atoms with Gasteiger partial charge in [-0.15, -0.1) is 0 Å². The van der Waals surface area contributed by atoms with Crippen LogP contribution in [0.3, 0.4) is 0 Å². The van der Waals surface area contributed by atoms with E-state index >= 15 is 0 Å². The summed E-state index contributed by atoms with van der Waals surface area (Å²) >= 11 is 0. The van der Waals surface area contributed by atoms with Crippen LogP contribution in [0.15, 0.2) is 18.2 Å². The maximum absolute atomic E-state index is 12.4. The van der Waals surface area contributed by atoms with Gasteiger partial charge in [0, 0.05) is 5.69 Å². The van der Waals surface area contributed by atoms with Gasteiger partial charge in [0.2, 0.25) is 5.91 Å². The first-order valence-electron chi connectivity index (χ1n) is 8.40. The average molecular weight is 318 g/mol. The van der Waals surface area contributed by atoms with Crippen molar-refractivity contribution >= 4 is 17.5 Å². The molecule has 2 atom stereocenters. The maximum Gasteiger partial charge on any atom is 0.279 e. The van der Waals surface area contributed by atoms with E-state index in [1.165, 1.54) is 0 Å². The number of carbonyl (C=O) groups excluding carboxylic acids is 2. The molecule has 1 unspecified atom stereocenters. The minimum Gasteiger partial charge on any atom is -0.369 e. The molecule has 0 spiro atoms. The molecule has 2 rings (SSSR count). The molecule has 0 aliphatic carbocycles. The van der Waals surface area contributed by atoms with Crippen LogP contribution in [0.5, 0.6) is 0 Å². The molecule has 5 heteroatoms. The van der Waals surface area contributed by atoms with Gasteiger partial charge in [0.25, 0.3) is 5.91 Å². The molecular weight excluding hydrogens is 290 g/mol. The largest absolute Gasteiger partial charge is 0.369 e. The van der Waals surface area contributed by atoms with E-state index in [1.54, 1.807) is 0 Å². The topological polar surface area (TPSA) is 76.6 Å². The van der Waals surface area contributed by atoms with E-state index in [9.17, 15) is 9.59 Å². The standard InChI is InChI=1S/C18H27N3O2/c1-12(2)15-8-4-6-13(3)17(15)20-16(22)11-21-9-5-7-14(10-21)18(19)23/h4,6,8,12,14H,5,7,9-11H2,1-3H3,(H2,19,23)(H,20,22)/p+1/t14-/m1/s1. The Bertz CT molecular complexity index is 584. The predicted octanol–water partition coefficient (Wildman–Crippen LogP) is 0.837. The summed E-state index contributed by atoms with van der Waals surface area (Å²) in [6.07, 6.45) is 1.79. The Labute approximate surface area is 138 Å². The number of likely N-dealkylation sites (tertiary alicyclic amines) is 1. The van der Waals surface area contributed by atoms with Crippen LogP contribution in [0.4, 0.5) is 5.69 Å². The maximum atomic E-state index is 12.4. The monoisotopic (exact) mass is 318 g/mol. The lowest BCUT2D eigenvalue weighted by Crippen LogP contribution is -3.14. The molecule has 5 nitrogen and oxygen atoms in total. The average Bonchev–Trinajstić information content (AvgIpc) is 2.49. The van der Waals surface area contributed by atoms with Crippen LogP contribution >= 0.6 is 0 Å². The summed E-state index contributed by atoms with van der Waals surface area (Å²) in [6.45, 7) is 8.22. The number of hydrogen-bond donors (Lipinski definition) is 3. The van der Waals surface area contributed by atoms with E-state index in [0.717, 1.165) is 41.1 Å². The second-order valence-electron chi connectivity index (χ2n) is 6.86. The Morgan fingerprint density at radius 3 is 2.78 bits per heavy atom. The van der Waals surface area contributed by atoms with E-state index in [-0.39, 0.29) is 17.7 Å². The first-order chi connectivity index (χ1) is 10.9. The van der Waals surface area contributed by atoms with Gasteiger partial charge in [-0.05, 0) is 36.8 Å². The highest BCUT2D eigenvalue weighted by Gasteiger charge is 2.28. The lowest BCUT2D eigenvalue weighted by Gasteiger charge is -2.28. The van der Waals surface area contributed by atoms with Gasteiger partial charge in [-0.25, -0.2) is 0 Å². The molecule has 0 aromatic heterocycles. The van der Waals surface area contributed by atoms with Crippen molar-refractivity contribution in [2.75, 3.05) is 25.0 Å². The number of piperidine rings is 1. The molecule has 126 valence electrons. The van der Waals surface area contributed by atoms with E-state index in [4.69, 9.17) is 5.73 Å². The van der Waals surface area contributed by atoms with Crippen molar-refractivity contribution in [2.45, 2.75) is 39.5 Å². The Balaban J connectivity index is 2.01. The molecule has 4 N–H and O–H groups in total. The molecule has 1 heterocycles. The Hall–Kier alpha value is -1.88. The Kier molecular flexibility index (Phi) is 5.77. The van der Waals surface area contributed by atoms with Gasteiger partial charge >= 0.3 is 0 Å². The minimum absolute atomic E-state index is 0.00122. The normalized spacial score (nSPS) is 21.2. The van der Waals surface area contributed by atoms with Crippen molar-refractivity contribution < 1.29 is 14.5 Å². The van der Waals surface area contributed by atoms with Crippen molar-refractivity contribution in [3.63, 3.8) is 0 Å². The zero-order valence-electron chi connectivity index (χ0n) is 14.3. The highest BCUT2D eigenvalue weighted by atomic mass is 16.2. The van der Waals surface area contributed by atoms with Crippen LogP contribution in [0.25, 0.3) is 0 Å². The molecule has 1 aliphatic heterocycles. The lowest BCUT2D eigenvalue weighted by atomic mass is 9.97. The van der Waals surface area contributed by atoms with Gasteiger partial charge in [-0.3, -0.25) is 9.59 Å². The van der Waals surface area contributed by atoms with Crippen molar-refractivity contribution in [1.82, 2.24) is 0 Å². The number of hydrogen-bond acceptors (Lipinski definition) is 2. The summed E-state index contributed by atoms with van der Waals surface area (Å²) in [5, 5.41) is 3.08. The second kappa shape index (κ2) is 7.59. The van der Waals surface area contributed by atoms with Crippen LogP contribution in [-0.2, 0) is 9.59 Å². The fourth-order valence-corrected chi connectivity index (χ4v) is 3.31. The third-order valence-corrected chi connectivity index (χ3v) is 4.62. The number of primary amides is 1. The van der Waals surface area contributed by atoms with E-state index in [0.29, 0.717) is 19.0 Å². The summed E-state index contributed by atoms with van der Waals surface area (Å²) in [4.78, 5) is 24.9. The van der Waals surface area contributed by atoms with Crippen LogP contribution in [0, 0.1) is 12.8 Å². The Morgan fingerprint density at radius 1 is 1.39 bits per heavy atom. The molecule has 1 aliphatic rings. The third-order valence-electron chi connectivity index (χ3n) is 4.62. The number of para-hydroxylation sites is 1. The fraction of sp³-hybridized carbons (Fsp3) is 0.556. The van der Waals surface area contributed by atoms with Crippen molar-refractivity contribution in [3.05, 3.63) is 29.3 Å². The van der Waals surface area contributed by atoms with Crippen LogP contribution in [0.1, 0.15) is 43.7 Å². The number of amides is 2.